The molecule has 1 aromatic carbocycles. The van der Waals surface area contributed by atoms with Crippen molar-refractivity contribution in [1.82, 2.24) is 15.2 Å². The van der Waals surface area contributed by atoms with Gasteiger partial charge in [-0.15, -0.1) is 5.10 Å². The molecule has 108 valence electrons. The van der Waals surface area contributed by atoms with E-state index in [9.17, 15) is 20.0 Å². The van der Waals surface area contributed by atoms with E-state index in [1.54, 1.807) is 13.8 Å². The van der Waals surface area contributed by atoms with Crippen LogP contribution in [-0.4, -0.2) is 31.1 Å². The first-order chi connectivity index (χ1) is 9.90. The minimum Gasteiger partial charge on any atom is -0.502 e. The molecule has 21 heavy (non-hydrogen) atoms. The number of nitrogens with zero attached hydrogens (tertiary/aromatic N) is 4. The number of aromatic hydroxyl groups is 1. The van der Waals surface area contributed by atoms with E-state index in [1.807, 2.05) is 0 Å². The monoisotopic (exact) mass is 289 g/mol. The first-order valence-corrected chi connectivity index (χ1v) is 5.85. The summed E-state index contributed by atoms with van der Waals surface area (Å²) in [7, 11) is 0. The van der Waals surface area contributed by atoms with Gasteiger partial charge in [0.2, 0.25) is 11.7 Å². The first-order valence-electron chi connectivity index (χ1n) is 5.85. The summed E-state index contributed by atoms with van der Waals surface area (Å²) in [6.45, 7) is 3.41. The average Bonchev–Trinajstić information content (AvgIpc) is 2.42. The number of nitro groups is 1. The number of aromatic nitrogens is 3. The number of nitro benzene ring substituents is 1. The summed E-state index contributed by atoms with van der Waals surface area (Å²) >= 11 is 0. The lowest BCUT2D eigenvalue weighted by atomic mass is 10.1. The van der Waals surface area contributed by atoms with Gasteiger partial charge in [0.15, 0.2) is 0 Å². The molecule has 1 heterocycles. The molecule has 9 nitrogen and oxygen atoms in total. The molecule has 0 aliphatic rings. The van der Waals surface area contributed by atoms with Crippen LogP contribution in [-0.2, 0) is 0 Å². The molecule has 1 aromatic heterocycles. The number of carbonyl (C=O) groups is 1. The third-order valence-corrected chi connectivity index (χ3v) is 2.77. The van der Waals surface area contributed by atoms with Crippen LogP contribution in [0.5, 0.6) is 5.75 Å². The molecule has 0 unspecified atom stereocenters. The number of rotatable bonds is 3. The Bertz CT molecular complexity index is 732. The third kappa shape index (κ3) is 2.91. The molecule has 0 radical (unpaired) electrons. The first kappa shape index (κ1) is 14.3. The zero-order valence-electron chi connectivity index (χ0n) is 11.2. The Morgan fingerprint density at radius 3 is 2.62 bits per heavy atom. The summed E-state index contributed by atoms with van der Waals surface area (Å²) in [6, 6.07) is 3.65. The maximum atomic E-state index is 12.0. The minimum atomic E-state index is -0.778. The van der Waals surface area contributed by atoms with Crippen LogP contribution in [0.25, 0.3) is 0 Å². The second-order valence-corrected chi connectivity index (χ2v) is 4.19. The lowest BCUT2D eigenvalue weighted by Gasteiger charge is -2.06. The molecule has 0 bridgehead atoms. The van der Waals surface area contributed by atoms with Gasteiger partial charge in [-0.05, 0) is 19.9 Å². The van der Waals surface area contributed by atoms with Gasteiger partial charge in [0, 0.05) is 6.07 Å². The normalized spacial score (nSPS) is 10.2. The minimum absolute atomic E-state index is 0.0472. The summed E-state index contributed by atoms with van der Waals surface area (Å²) in [5.74, 6) is -1.52. The molecule has 0 aliphatic carbocycles. The van der Waals surface area contributed by atoms with Crippen molar-refractivity contribution in [2.75, 3.05) is 5.32 Å². The van der Waals surface area contributed by atoms with E-state index in [0.717, 1.165) is 6.07 Å². The van der Waals surface area contributed by atoms with Gasteiger partial charge in [0.25, 0.3) is 5.91 Å². The highest BCUT2D eigenvalue weighted by Crippen LogP contribution is 2.29. The Morgan fingerprint density at radius 2 is 2.00 bits per heavy atom. The predicted octanol–water partition coefficient (Wildman–Crippen LogP) is 1.35. The Hall–Kier alpha value is -3.10. The number of aryl methyl sites for hydroxylation is 2. The molecule has 2 aromatic rings. The summed E-state index contributed by atoms with van der Waals surface area (Å²) in [5, 5.41) is 30.3. The summed E-state index contributed by atoms with van der Waals surface area (Å²) in [6.07, 6.45) is 0. The topological polar surface area (TPSA) is 131 Å². The highest BCUT2D eigenvalue weighted by Gasteiger charge is 2.21. The van der Waals surface area contributed by atoms with Crippen LogP contribution in [0.1, 0.15) is 21.7 Å². The molecule has 0 spiro atoms. The smallest absolute Gasteiger partial charge is 0.311 e. The van der Waals surface area contributed by atoms with Crippen molar-refractivity contribution in [3.8, 4) is 5.75 Å². The summed E-state index contributed by atoms with van der Waals surface area (Å²) < 4.78 is 0. The molecule has 0 aliphatic heterocycles. The van der Waals surface area contributed by atoms with Crippen LogP contribution in [0.2, 0.25) is 0 Å². The van der Waals surface area contributed by atoms with E-state index in [2.05, 4.69) is 20.5 Å². The highest BCUT2D eigenvalue weighted by molar-refractivity contribution is 6.06. The number of carbonyl (C=O) groups excluding carboxylic acids is 1. The maximum absolute atomic E-state index is 12.0. The fourth-order valence-corrected chi connectivity index (χ4v) is 1.54. The van der Waals surface area contributed by atoms with Gasteiger partial charge >= 0.3 is 5.69 Å². The molecular formula is C12H11N5O4. The summed E-state index contributed by atoms with van der Waals surface area (Å²) in [5.41, 5.74) is 0.405. The second-order valence-electron chi connectivity index (χ2n) is 4.19. The number of nitrogens with one attached hydrogen (secondary N) is 1. The fraction of sp³-hybridized carbons (Fsp3) is 0.167. The molecule has 2 N–H and O–H groups in total. The number of anilines is 1. The van der Waals surface area contributed by atoms with Crippen LogP contribution < -0.4 is 5.32 Å². The van der Waals surface area contributed by atoms with Gasteiger partial charge in [-0.2, -0.15) is 5.10 Å². The Labute approximate surface area is 118 Å². The van der Waals surface area contributed by atoms with Gasteiger partial charge in [-0.3, -0.25) is 20.2 Å². The standard InChI is InChI=1S/C12H11N5O4/c1-6-7(2)15-16-12(13-6)14-11(19)8-4-3-5-9(10(8)18)17(20)21/h3-5,18H,1-2H3,(H,13,14,16,19). The van der Waals surface area contributed by atoms with Crippen LogP contribution in [0, 0.1) is 24.0 Å². The number of phenols is 1. The molecular weight excluding hydrogens is 278 g/mol. The van der Waals surface area contributed by atoms with E-state index >= 15 is 0 Å². The van der Waals surface area contributed by atoms with Gasteiger partial charge in [-0.1, -0.05) is 6.07 Å². The summed E-state index contributed by atoms with van der Waals surface area (Å²) in [4.78, 5) is 25.9. The number of hydrogen-bond acceptors (Lipinski definition) is 7. The van der Waals surface area contributed by atoms with Crippen LogP contribution >= 0.6 is 0 Å². The lowest BCUT2D eigenvalue weighted by molar-refractivity contribution is -0.385. The van der Waals surface area contributed by atoms with Crippen molar-refractivity contribution >= 4 is 17.5 Å². The Morgan fingerprint density at radius 1 is 1.29 bits per heavy atom. The molecule has 0 saturated carbocycles. The number of benzene rings is 1. The maximum Gasteiger partial charge on any atom is 0.311 e. The second kappa shape index (κ2) is 5.49. The largest absolute Gasteiger partial charge is 0.502 e. The Balaban J connectivity index is 2.30. The molecule has 1 amide bonds. The van der Waals surface area contributed by atoms with Crippen LogP contribution in [0.3, 0.4) is 0 Å². The number of amides is 1. The van der Waals surface area contributed by atoms with E-state index in [0.29, 0.717) is 11.4 Å². The third-order valence-electron chi connectivity index (χ3n) is 2.77. The quantitative estimate of drug-likeness (QED) is 0.644. The van der Waals surface area contributed by atoms with E-state index in [-0.39, 0.29) is 11.5 Å². The van der Waals surface area contributed by atoms with E-state index in [1.165, 1.54) is 12.1 Å². The van der Waals surface area contributed by atoms with Crippen molar-refractivity contribution < 1.29 is 14.8 Å². The number of hydrogen-bond donors (Lipinski definition) is 2. The highest BCUT2D eigenvalue weighted by atomic mass is 16.6. The molecule has 0 fully saturated rings. The molecule has 9 heteroatoms. The average molecular weight is 289 g/mol. The van der Waals surface area contributed by atoms with Crippen LogP contribution in [0.4, 0.5) is 11.6 Å². The lowest BCUT2D eigenvalue weighted by Crippen LogP contribution is -2.16. The predicted molar refractivity (Wildman–Crippen MR) is 72.0 cm³/mol. The molecule has 2 rings (SSSR count). The van der Waals surface area contributed by atoms with Gasteiger partial charge in [0.05, 0.1) is 21.9 Å². The van der Waals surface area contributed by atoms with Gasteiger partial charge in [0.1, 0.15) is 0 Å². The van der Waals surface area contributed by atoms with Crippen molar-refractivity contribution in [2.24, 2.45) is 0 Å². The molecule has 0 atom stereocenters. The van der Waals surface area contributed by atoms with Gasteiger partial charge in [-0.25, -0.2) is 4.98 Å². The van der Waals surface area contributed by atoms with Crippen molar-refractivity contribution in [2.45, 2.75) is 13.8 Å². The fourth-order valence-electron chi connectivity index (χ4n) is 1.54. The molecule has 0 saturated heterocycles. The van der Waals surface area contributed by atoms with E-state index < -0.39 is 22.3 Å². The number of para-hydroxylation sites is 1. The zero-order chi connectivity index (χ0) is 15.6. The Kier molecular flexibility index (Phi) is 3.74. The van der Waals surface area contributed by atoms with Crippen molar-refractivity contribution in [3.63, 3.8) is 0 Å². The zero-order valence-corrected chi connectivity index (χ0v) is 11.2. The van der Waals surface area contributed by atoms with Crippen molar-refractivity contribution in [3.05, 3.63) is 45.3 Å². The van der Waals surface area contributed by atoms with Crippen molar-refractivity contribution in [1.29, 1.82) is 0 Å². The number of phenolic OH excluding ortho intramolecular Hbond substituents is 1. The van der Waals surface area contributed by atoms with Gasteiger partial charge < -0.3 is 5.11 Å². The SMILES string of the molecule is Cc1nnc(NC(=O)c2cccc([N+](=O)[O-])c2O)nc1C. The van der Waals surface area contributed by atoms with E-state index in [4.69, 9.17) is 0 Å². The van der Waals surface area contributed by atoms with Crippen LogP contribution in [0.15, 0.2) is 18.2 Å².